The first-order valence-corrected chi connectivity index (χ1v) is 7.32. The standard InChI is InChI=1S/C10H18O5S2/c1-7(11)5-16-9(14)3-2-4-10(15)17-6-8(12)13/h9-10,14-15H,2-6H2,1H3,(H,12,13). The number of ketones is 1. The van der Waals surface area contributed by atoms with Gasteiger partial charge in [-0.05, 0) is 26.2 Å². The Balaban J connectivity index is 3.48. The van der Waals surface area contributed by atoms with E-state index in [-0.39, 0.29) is 17.3 Å². The lowest BCUT2D eigenvalue weighted by molar-refractivity contribution is -0.134. The lowest BCUT2D eigenvalue weighted by Crippen LogP contribution is -2.09. The number of aliphatic carboxylic acids is 1. The van der Waals surface area contributed by atoms with Crippen LogP contribution in [-0.4, -0.2) is 49.4 Å². The average molecular weight is 282 g/mol. The molecule has 0 bridgehead atoms. The van der Waals surface area contributed by atoms with Gasteiger partial charge in [0, 0.05) is 0 Å². The third-order valence-corrected chi connectivity index (χ3v) is 4.01. The summed E-state index contributed by atoms with van der Waals surface area (Å²) < 4.78 is 0. The summed E-state index contributed by atoms with van der Waals surface area (Å²) in [6.45, 7) is 1.46. The van der Waals surface area contributed by atoms with Gasteiger partial charge in [0.2, 0.25) is 0 Å². The number of hydrogen-bond acceptors (Lipinski definition) is 6. The fourth-order valence-electron chi connectivity index (χ4n) is 1.01. The molecule has 3 N–H and O–H groups in total. The SMILES string of the molecule is CC(=O)CSC(O)CCCC(O)SCC(=O)O. The summed E-state index contributed by atoms with van der Waals surface area (Å²) in [5.41, 5.74) is -1.31. The van der Waals surface area contributed by atoms with E-state index >= 15 is 0 Å². The molecule has 2 atom stereocenters. The summed E-state index contributed by atoms with van der Waals surface area (Å²) in [5, 5.41) is 27.2. The van der Waals surface area contributed by atoms with Crippen molar-refractivity contribution in [2.24, 2.45) is 0 Å². The monoisotopic (exact) mass is 282 g/mol. The Morgan fingerprint density at radius 1 is 1.06 bits per heavy atom. The van der Waals surface area contributed by atoms with E-state index in [9.17, 15) is 19.8 Å². The second kappa shape index (κ2) is 9.76. The third kappa shape index (κ3) is 12.0. The number of Topliss-reactive ketones (excluding diaryl/α,β-unsaturated/α-hetero) is 1. The van der Waals surface area contributed by atoms with Crippen LogP contribution in [0.2, 0.25) is 0 Å². The highest BCUT2D eigenvalue weighted by Crippen LogP contribution is 2.19. The Labute approximate surface area is 109 Å². The van der Waals surface area contributed by atoms with Crippen LogP contribution in [-0.2, 0) is 9.59 Å². The van der Waals surface area contributed by atoms with Gasteiger partial charge in [-0.15, -0.1) is 23.5 Å². The first kappa shape index (κ1) is 16.8. The molecule has 0 aromatic rings. The molecule has 0 aromatic carbocycles. The fraction of sp³-hybridized carbons (Fsp3) is 0.800. The third-order valence-electron chi connectivity index (χ3n) is 1.78. The van der Waals surface area contributed by atoms with Gasteiger partial charge in [0.1, 0.15) is 5.78 Å². The molecule has 5 nitrogen and oxygen atoms in total. The summed E-state index contributed by atoms with van der Waals surface area (Å²) in [7, 11) is 0. The van der Waals surface area contributed by atoms with E-state index in [1.54, 1.807) is 0 Å². The molecule has 17 heavy (non-hydrogen) atoms. The van der Waals surface area contributed by atoms with E-state index in [0.717, 1.165) is 11.8 Å². The highest BCUT2D eigenvalue weighted by Gasteiger charge is 2.10. The quantitative estimate of drug-likeness (QED) is 0.513. The summed E-state index contributed by atoms with van der Waals surface area (Å²) in [6, 6.07) is 0. The van der Waals surface area contributed by atoms with E-state index in [1.807, 2.05) is 0 Å². The molecule has 0 aromatic heterocycles. The summed E-state index contributed by atoms with van der Waals surface area (Å²) in [4.78, 5) is 20.9. The van der Waals surface area contributed by atoms with Gasteiger partial charge in [-0.3, -0.25) is 9.59 Å². The van der Waals surface area contributed by atoms with Crippen molar-refractivity contribution in [2.75, 3.05) is 11.5 Å². The minimum absolute atomic E-state index is 0.0195. The zero-order chi connectivity index (χ0) is 13.3. The molecule has 0 saturated carbocycles. The number of hydrogen-bond donors (Lipinski definition) is 3. The van der Waals surface area contributed by atoms with E-state index in [0.29, 0.717) is 19.3 Å². The summed E-state index contributed by atoms with van der Waals surface area (Å²) >= 11 is 2.15. The highest BCUT2D eigenvalue weighted by molar-refractivity contribution is 8.00. The number of aliphatic hydroxyl groups is 2. The number of carboxylic acid groups (broad SMARTS) is 1. The second-order valence-corrected chi connectivity index (χ2v) is 5.89. The molecule has 0 saturated heterocycles. The van der Waals surface area contributed by atoms with Gasteiger partial charge >= 0.3 is 5.97 Å². The largest absolute Gasteiger partial charge is 0.481 e. The number of rotatable bonds is 10. The van der Waals surface area contributed by atoms with E-state index in [1.165, 1.54) is 18.7 Å². The maximum atomic E-state index is 10.6. The van der Waals surface area contributed by atoms with E-state index in [2.05, 4.69) is 0 Å². The van der Waals surface area contributed by atoms with Gasteiger partial charge in [-0.2, -0.15) is 0 Å². The topological polar surface area (TPSA) is 94.8 Å². The Kier molecular flexibility index (Phi) is 9.62. The maximum Gasteiger partial charge on any atom is 0.313 e. The first-order valence-electron chi connectivity index (χ1n) is 5.22. The van der Waals surface area contributed by atoms with Crippen LogP contribution in [0.25, 0.3) is 0 Å². The predicted octanol–water partition coefficient (Wildman–Crippen LogP) is 0.933. The first-order chi connectivity index (χ1) is 7.91. The van der Waals surface area contributed by atoms with Gasteiger partial charge < -0.3 is 15.3 Å². The Morgan fingerprint density at radius 3 is 1.94 bits per heavy atom. The maximum absolute atomic E-state index is 10.6. The lowest BCUT2D eigenvalue weighted by atomic mass is 10.2. The van der Waals surface area contributed by atoms with Crippen LogP contribution in [0.5, 0.6) is 0 Å². The van der Waals surface area contributed by atoms with Crippen LogP contribution in [0, 0.1) is 0 Å². The van der Waals surface area contributed by atoms with Crippen molar-refractivity contribution in [3.63, 3.8) is 0 Å². The van der Waals surface area contributed by atoms with Crippen molar-refractivity contribution in [1.29, 1.82) is 0 Å². The van der Waals surface area contributed by atoms with Crippen LogP contribution >= 0.6 is 23.5 Å². The molecule has 0 radical (unpaired) electrons. The Morgan fingerprint density at radius 2 is 1.53 bits per heavy atom. The number of aliphatic hydroxyl groups excluding tert-OH is 2. The van der Waals surface area contributed by atoms with Crippen LogP contribution in [0.1, 0.15) is 26.2 Å². The van der Waals surface area contributed by atoms with Gasteiger partial charge in [-0.1, -0.05) is 0 Å². The van der Waals surface area contributed by atoms with Gasteiger partial charge in [0.15, 0.2) is 0 Å². The van der Waals surface area contributed by atoms with Crippen molar-refractivity contribution < 1.29 is 24.9 Å². The summed E-state index contributed by atoms with van der Waals surface area (Å²) in [6.07, 6.45) is 1.53. The average Bonchev–Trinajstić information content (AvgIpc) is 2.23. The Hall–Kier alpha value is -0.240. The molecule has 2 unspecified atom stereocenters. The lowest BCUT2D eigenvalue weighted by Gasteiger charge is -2.11. The number of carbonyl (C=O) groups excluding carboxylic acids is 1. The van der Waals surface area contributed by atoms with E-state index < -0.39 is 16.8 Å². The van der Waals surface area contributed by atoms with Crippen LogP contribution in [0.3, 0.4) is 0 Å². The molecular weight excluding hydrogens is 264 g/mol. The van der Waals surface area contributed by atoms with Crippen molar-refractivity contribution in [3.8, 4) is 0 Å². The van der Waals surface area contributed by atoms with Gasteiger partial charge in [0.25, 0.3) is 0 Å². The zero-order valence-electron chi connectivity index (χ0n) is 9.66. The molecule has 0 aliphatic carbocycles. The smallest absolute Gasteiger partial charge is 0.313 e. The van der Waals surface area contributed by atoms with Gasteiger partial charge in [0.05, 0.1) is 22.4 Å². The van der Waals surface area contributed by atoms with E-state index in [4.69, 9.17) is 5.11 Å². The van der Waals surface area contributed by atoms with Crippen molar-refractivity contribution in [1.82, 2.24) is 0 Å². The van der Waals surface area contributed by atoms with Crippen LogP contribution in [0.15, 0.2) is 0 Å². The normalized spacial score (nSPS) is 14.3. The molecular formula is C10H18O5S2. The molecule has 0 fully saturated rings. The fourth-order valence-corrected chi connectivity index (χ4v) is 2.44. The second-order valence-electron chi connectivity index (χ2n) is 3.56. The number of carbonyl (C=O) groups is 2. The summed E-state index contributed by atoms with van der Waals surface area (Å²) in [5.74, 6) is -0.766. The molecule has 0 spiro atoms. The molecule has 7 heteroatoms. The van der Waals surface area contributed by atoms with Gasteiger partial charge in [-0.25, -0.2) is 0 Å². The Bertz CT molecular complexity index is 223. The minimum Gasteiger partial charge on any atom is -0.481 e. The van der Waals surface area contributed by atoms with Crippen LogP contribution < -0.4 is 0 Å². The van der Waals surface area contributed by atoms with Crippen molar-refractivity contribution >= 4 is 35.3 Å². The minimum atomic E-state index is -0.953. The molecule has 100 valence electrons. The number of thioether (sulfide) groups is 2. The highest BCUT2D eigenvalue weighted by atomic mass is 32.2. The van der Waals surface area contributed by atoms with Crippen LogP contribution in [0.4, 0.5) is 0 Å². The van der Waals surface area contributed by atoms with Crippen molar-refractivity contribution in [2.45, 2.75) is 37.1 Å². The van der Waals surface area contributed by atoms with Crippen molar-refractivity contribution in [3.05, 3.63) is 0 Å². The number of carboxylic acids is 1. The molecule has 0 amide bonds. The molecule has 0 aliphatic heterocycles. The predicted molar refractivity (Wildman–Crippen MR) is 69.1 cm³/mol. The molecule has 0 rings (SSSR count). The molecule has 0 heterocycles. The zero-order valence-corrected chi connectivity index (χ0v) is 11.3. The molecule has 0 aliphatic rings.